The van der Waals surface area contributed by atoms with Crippen LogP contribution >= 0.6 is 11.3 Å². The molecule has 0 aromatic carbocycles. The first kappa shape index (κ1) is 18.3. The third kappa shape index (κ3) is 4.70. The number of thiophene rings is 1. The number of rotatable bonds is 3. The molecule has 2 aromatic rings. The number of carbonyl (C=O) groups is 2. The van der Waals surface area contributed by atoms with Crippen LogP contribution in [0.5, 0.6) is 0 Å². The minimum atomic E-state index is -0.582. The lowest BCUT2D eigenvalue weighted by molar-refractivity contribution is -0.154. The first-order valence-electron chi connectivity index (χ1n) is 7.60. The molecule has 0 aliphatic rings. The van der Waals surface area contributed by atoms with Gasteiger partial charge in [-0.15, -0.1) is 11.3 Å². The molecule has 0 aliphatic carbocycles. The molecule has 24 heavy (non-hydrogen) atoms. The number of amides is 1. The molecule has 0 spiro atoms. The van der Waals surface area contributed by atoms with E-state index in [1.165, 1.54) is 11.3 Å². The number of ether oxygens (including phenoxy) is 2. The van der Waals surface area contributed by atoms with E-state index in [2.05, 4.69) is 15.5 Å². The van der Waals surface area contributed by atoms with Crippen LogP contribution in [0, 0.1) is 5.41 Å². The predicted octanol–water partition coefficient (Wildman–Crippen LogP) is 4.06. The van der Waals surface area contributed by atoms with E-state index in [1.54, 1.807) is 41.5 Å². The van der Waals surface area contributed by atoms with E-state index in [9.17, 15) is 9.59 Å². The highest BCUT2D eigenvalue weighted by atomic mass is 32.1. The van der Waals surface area contributed by atoms with Crippen molar-refractivity contribution in [1.82, 2.24) is 10.2 Å². The van der Waals surface area contributed by atoms with Crippen molar-refractivity contribution >= 4 is 39.4 Å². The van der Waals surface area contributed by atoms with Gasteiger partial charge in [0.1, 0.15) is 12.2 Å². The Morgan fingerprint density at radius 3 is 2.50 bits per heavy atom. The number of fused-ring (bicyclic) bond motifs is 1. The van der Waals surface area contributed by atoms with E-state index in [4.69, 9.17) is 9.47 Å². The van der Waals surface area contributed by atoms with Crippen molar-refractivity contribution in [2.75, 3.05) is 5.32 Å². The van der Waals surface area contributed by atoms with Crippen LogP contribution in [-0.4, -0.2) is 27.9 Å². The molecule has 2 aromatic heterocycles. The minimum Gasteiger partial charge on any atom is -0.460 e. The van der Waals surface area contributed by atoms with Gasteiger partial charge < -0.3 is 9.47 Å². The number of hydrogen-bond donors (Lipinski definition) is 2. The van der Waals surface area contributed by atoms with Crippen LogP contribution in [0.2, 0.25) is 0 Å². The molecule has 7 nitrogen and oxygen atoms in total. The molecule has 0 unspecified atom stereocenters. The number of nitrogens with one attached hydrogen (secondary N) is 2. The molecule has 0 aliphatic heterocycles. The van der Waals surface area contributed by atoms with Crippen LogP contribution in [0.4, 0.5) is 10.6 Å². The Balaban J connectivity index is 2.06. The van der Waals surface area contributed by atoms with E-state index in [1.807, 2.05) is 6.07 Å². The fourth-order valence-corrected chi connectivity index (χ4v) is 2.74. The highest BCUT2D eigenvalue weighted by Crippen LogP contribution is 2.31. The van der Waals surface area contributed by atoms with Crippen molar-refractivity contribution in [3.8, 4) is 0 Å². The maximum atomic E-state index is 11.8. The molecule has 0 fully saturated rings. The summed E-state index contributed by atoms with van der Waals surface area (Å²) in [6.45, 7) is 11.0. The lowest BCUT2D eigenvalue weighted by Crippen LogP contribution is -2.27. The number of aromatic nitrogens is 2. The zero-order valence-electron chi connectivity index (χ0n) is 14.8. The summed E-state index contributed by atoms with van der Waals surface area (Å²) in [6, 6.07) is 1.85. The Kier molecular flexibility index (Phi) is 4.89. The fourth-order valence-electron chi connectivity index (χ4n) is 1.78. The monoisotopic (exact) mass is 353 g/mol. The summed E-state index contributed by atoms with van der Waals surface area (Å²) in [4.78, 5) is 24.5. The van der Waals surface area contributed by atoms with Gasteiger partial charge in [0.2, 0.25) is 0 Å². The van der Waals surface area contributed by atoms with Crippen LogP contribution in [0.1, 0.15) is 46.4 Å². The standard InChI is InChI=1S/C16H23N3O4S/c1-15(2,3)13(20)22-8-9-7-10-11(24-9)12(19-18-10)17-14(21)23-16(4,5)6/h7H,8H2,1-6H3,(H2,17,18,19,21). The summed E-state index contributed by atoms with van der Waals surface area (Å²) in [5.41, 5.74) is -0.349. The number of aromatic amines is 1. The largest absolute Gasteiger partial charge is 0.460 e. The van der Waals surface area contributed by atoms with Crippen molar-refractivity contribution in [2.24, 2.45) is 5.41 Å². The molecule has 1 amide bonds. The average molecular weight is 353 g/mol. The van der Waals surface area contributed by atoms with Crippen LogP contribution in [-0.2, 0) is 20.9 Å². The molecular weight excluding hydrogens is 330 g/mol. The van der Waals surface area contributed by atoms with E-state index >= 15 is 0 Å². The molecule has 0 bridgehead atoms. The molecule has 0 radical (unpaired) electrons. The molecule has 0 saturated carbocycles. The van der Waals surface area contributed by atoms with E-state index < -0.39 is 17.1 Å². The van der Waals surface area contributed by atoms with Gasteiger partial charge in [-0.25, -0.2) is 4.79 Å². The van der Waals surface area contributed by atoms with Crippen molar-refractivity contribution in [2.45, 2.75) is 53.8 Å². The Morgan fingerprint density at radius 1 is 1.25 bits per heavy atom. The SMILES string of the molecule is CC(C)(C)OC(=O)Nc1n[nH]c2cc(COC(=O)C(C)(C)C)sc12. The zero-order chi connectivity index (χ0) is 18.1. The van der Waals surface area contributed by atoms with E-state index in [-0.39, 0.29) is 12.6 Å². The van der Waals surface area contributed by atoms with Crippen LogP contribution in [0.25, 0.3) is 10.2 Å². The van der Waals surface area contributed by atoms with Gasteiger partial charge in [0.25, 0.3) is 0 Å². The average Bonchev–Trinajstić information content (AvgIpc) is 2.94. The summed E-state index contributed by atoms with van der Waals surface area (Å²) < 4.78 is 11.3. The lowest BCUT2D eigenvalue weighted by Gasteiger charge is -2.19. The number of carbonyl (C=O) groups excluding carboxylic acids is 2. The summed E-state index contributed by atoms with van der Waals surface area (Å²) in [7, 11) is 0. The summed E-state index contributed by atoms with van der Waals surface area (Å²) in [5.74, 6) is 0.141. The number of anilines is 1. The van der Waals surface area contributed by atoms with Gasteiger partial charge in [-0.3, -0.25) is 15.2 Å². The topological polar surface area (TPSA) is 93.3 Å². The summed E-state index contributed by atoms with van der Waals surface area (Å²) in [5, 5.41) is 9.53. The second-order valence-corrected chi connectivity index (χ2v) is 8.62. The van der Waals surface area contributed by atoms with E-state index in [0.717, 1.165) is 15.1 Å². The second kappa shape index (κ2) is 6.43. The van der Waals surface area contributed by atoms with Gasteiger partial charge >= 0.3 is 12.1 Å². The summed E-state index contributed by atoms with van der Waals surface area (Å²) >= 11 is 1.40. The van der Waals surface area contributed by atoms with Crippen LogP contribution in [0.15, 0.2) is 6.07 Å². The van der Waals surface area contributed by atoms with Crippen LogP contribution < -0.4 is 5.32 Å². The number of hydrogen-bond acceptors (Lipinski definition) is 6. The lowest BCUT2D eigenvalue weighted by atomic mass is 9.97. The molecule has 132 valence electrons. The second-order valence-electron chi connectivity index (χ2n) is 7.48. The first-order chi connectivity index (χ1) is 11.0. The number of H-pyrrole nitrogens is 1. The minimum absolute atomic E-state index is 0.190. The Hall–Kier alpha value is -2.09. The van der Waals surface area contributed by atoms with Crippen LogP contribution in [0.3, 0.4) is 0 Å². The Bertz CT molecular complexity index is 750. The van der Waals surface area contributed by atoms with Gasteiger partial charge in [0.05, 0.1) is 15.6 Å². The van der Waals surface area contributed by atoms with Crippen molar-refractivity contribution in [1.29, 1.82) is 0 Å². The maximum absolute atomic E-state index is 11.8. The molecule has 0 atom stereocenters. The van der Waals surface area contributed by atoms with E-state index in [0.29, 0.717) is 5.82 Å². The van der Waals surface area contributed by atoms with Crippen molar-refractivity contribution in [3.63, 3.8) is 0 Å². The maximum Gasteiger partial charge on any atom is 0.413 e. The van der Waals surface area contributed by atoms with Crippen molar-refractivity contribution < 1.29 is 19.1 Å². The van der Waals surface area contributed by atoms with Gasteiger partial charge in [-0.05, 0) is 47.6 Å². The predicted molar refractivity (Wildman–Crippen MR) is 93.1 cm³/mol. The molecule has 2 rings (SSSR count). The normalized spacial score (nSPS) is 12.2. The van der Waals surface area contributed by atoms with Gasteiger partial charge in [-0.2, -0.15) is 5.10 Å². The van der Waals surface area contributed by atoms with Gasteiger partial charge in [-0.1, -0.05) is 0 Å². The molecule has 2 heterocycles. The highest BCUT2D eigenvalue weighted by molar-refractivity contribution is 7.19. The van der Waals surface area contributed by atoms with Gasteiger partial charge in [0, 0.05) is 4.88 Å². The summed E-state index contributed by atoms with van der Waals surface area (Å²) in [6.07, 6.45) is -0.565. The molecule has 2 N–H and O–H groups in total. The molecule has 8 heteroatoms. The fraction of sp³-hybridized carbons (Fsp3) is 0.562. The molecule has 0 saturated heterocycles. The number of esters is 1. The smallest absolute Gasteiger partial charge is 0.413 e. The Labute approximate surface area is 144 Å². The first-order valence-corrected chi connectivity index (χ1v) is 8.41. The van der Waals surface area contributed by atoms with Crippen molar-refractivity contribution in [3.05, 3.63) is 10.9 Å². The zero-order valence-corrected chi connectivity index (χ0v) is 15.6. The third-order valence-corrected chi connectivity index (χ3v) is 3.98. The van der Waals surface area contributed by atoms with Gasteiger partial charge in [0.15, 0.2) is 5.82 Å². The number of nitrogens with zero attached hydrogens (tertiary/aromatic N) is 1. The molecular formula is C16H23N3O4S. The highest BCUT2D eigenvalue weighted by Gasteiger charge is 2.24. The Morgan fingerprint density at radius 2 is 1.92 bits per heavy atom. The third-order valence-electron chi connectivity index (χ3n) is 2.86. The quantitative estimate of drug-likeness (QED) is 0.812.